The number of fused-ring (bicyclic) bond motifs is 1. The summed E-state index contributed by atoms with van der Waals surface area (Å²) in [4.78, 5) is 26.0. The molecule has 0 aliphatic rings. The molecule has 0 fully saturated rings. The van der Waals surface area contributed by atoms with Gasteiger partial charge in [-0.05, 0) is 52.0 Å². The van der Waals surface area contributed by atoms with Crippen LogP contribution in [0.5, 0.6) is 0 Å². The number of benzene rings is 3. The quantitative estimate of drug-likeness (QED) is 0.198. The number of hydrogen-bond acceptors (Lipinski definition) is 4. The van der Waals surface area contributed by atoms with E-state index in [1.54, 1.807) is 23.6 Å². The van der Waals surface area contributed by atoms with Gasteiger partial charge in [-0.1, -0.05) is 65.7 Å². The molecule has 3 nitrogen and oxygen atoms in total. The first-order valence-electron chi connectivity index (χ1n) is 10.0. The molecule has 0 unspecified atom stereocenters. The number of ketones is 2. The number of carbonyl (C=O) groups is 2. The number of halogens is 5. The minimum atomic E-state index is -5.24. The number of hydrogen-bond donors (Lipinski definition) is 1. The molecule has 1 N–H and O–H groups in total. The Morgan fingerprint density at radius 1 is 0.882 bits per heavy atom. The van der Waals surface area contributed by atoms with Crippen LogP contribution in [0.15, 0.2) is 78.2 Å². The lowest BCUT2D eigenvalue weighted by molar-refractivity contribution is -0.174. The van der Waals surface area contributed by atoms with Crippen LogP contribution in [0.1, 0.15) is 21.3 Å². The Bertz CT molecular complexity index is 1360. The summed E-state index contributed by atoms with van der Waals surface area (Å²) in [5, 5.41) is 6.59. The van der Waals surface area contributed by atoms with E-state index in [2.05, 4.69) is 5.32 Å². The summed E-state index contributed by atoms with van der Waals surface area (Å²) in [6, 6.07) is 18.4. The van der Waals surface area contributed by atoms with Crippen LogP contribution in [0.3, 0.4) is 0 Å². The molecule has 174 valence electrons. The molecule has 0 saturated carbocycles. The molecule has 0 aliphatic heterocycles. The molecule has 0 aliphatic carbocycles. The molecule has 0 spiro atoms. The third kappa shape index (κ3) is 5.12. The van der Waals surface area contributed by atoms with Crippen LogP contribution in [-0.4, -0.2) is 17.7 Å². The van der Waals surface area contributed by atoms with Gasteiger partial charge < -0.3 is 5.32 Å². The molecule has 4 aromatic rings. The first kappa shape index (κ1) is 24.3. The van der Waals surface area contributed by atoms with Crippen LogP contribution in [-0.2, 0) is 4.79 Å². The maximum atomic E-state index is 13.7. The standard InChI is InChI=1S/C25H16Cl2F3NO2S/c26-16-8-10-18(19(27)13-16)22(31-17-9-7-14-4-1-2-5-15(14)12-17)21(24(33)25(28,29)30)23(32)20-6-3-11-34-20/h1-13,21-22,31H/t21-,22+/m1/s1. The van der Waals surface area contributed by atoms with Gasteiger partial charge in [0, 0.05) is 15.7 Å². The van der Waals surface area contributed by atoms with Gasteiger partial charge in [0.1, 0.15) is 5.92 Å². The van der Waals surface area contributed by atoms with E-state index in [0.29, 0.717) is 5.69 Å². The maximum Gasteiger partial charge on any atom is 0.450 e. The second-order valence-corrected chi connectivity index (χ2v) is 9.32. The van der Waals surface area contributed by atoms with Gasteiger partial charge in [-0.3, -0.25) is 9.59 Å². The largest absolute Gasteiger partial charge is 0.450 e. The van der Waals surface area contributed by atoms with E-state index in [1.165, 1.54) is 30.3 Å². The molecule has 0 amide bonds. The maximum absolute atomic E-state index is 13.7. The highest BCUT2D eigenvalue weighted by Gasteiger charge is 2.50. The van der Waals surface area contributed by atoms with Crippen molar-refractivity contribution in [3.63, 3.8) is 0 Å². The lowest BCUT2D eigenvalue weighted by Gasteiger charge is -2.29. The van der Waals surface area contributed by atoms with Crippen LogP contribution in [0.4, 0.5) is 18.9 Å². The van der Waals surface area contributed by atoms with Crippen molar-refractivity contribution in [2.45, 2.75) is 12.2 Å². The van der Waals surface area contributed by atoms with E-state index in [9.17, 15) is 22.8 Å². The number of rotatable bonds is 7. The average molecular weight is 522 g/mol. The zero-order valence-corrected chi connectivity index (χ0v) is 19.6. The molecule has 2 atom stereocenters. The lowest BCUT2D eigenvalue weighted by atomic mass is 9.84. The van der Waals surface area contributed by atoms with Crippen molar-refractivity contribution in [2.24, 2.45) is 5.92 Å². The summed E-state index contributed by atoms with van der Waals surface area (Å²) in [6.07, 6.45) is -5.24. The van der Waals surface area contributed by atoms with Gasteiger partial charge in [-0.2, -0.15) is 13.2 Å². The van der Waals surface area contributed by atoms with E-state index in [1.807, 2.05) is 24.3 Å². The number of Topliss-reactive ketones (excluding diaryl/α,β-unsaturated/α-hetero) is 2. The van der Waals surface area contributed by atoms with E-state index < -0.39 is 29.7 Å². The minimum absolute atomic E-state index is 0.0322. The number of nitrogens with one attached hydrogen (secondary N) is 1. The molecule has 1 aromatic heterocycles. The predicted octanol–water partition coefficient (Wildman–Crippen LogP) is 7.99. The molecule has 1 heterocycles. The lowest BCUT2D eigenvalue weighted by Crippen LogP contribution is -2.41. The Kier molecular flexibility index (Phi) is 6.98. The molecule has 0 saturated heterocycles. The Hall–Kier alpha value is -2.87. The van der Waals surface area contributed by atoms with Crippen LogP contribution in [0.2, 0.25) is 10.0 Å². The number of alkyl halides is 3. The first-order valence-corrected chi connectivity index (χ1v) is 11.7. The van der Waals surface area contributed by atoms with Crippen molar-refractivity contribution in [1.82, 2.24) is 0 Å². The van der Waals surface area contributed by atoms with Gasteiger partial charge in [0.05, 0.1) is 10.9 Å². The van der Waals surface area contributed by atoms with Crippen molar-refractivity contribution < 1.29 is 22.8 Å². The summed E-state index contributed by atoms with van der Waals surface area (Å²) in [5.74, 6) is -5.21. The second kappa shape index (κ2) is 9.78. The van der Waals surface area contributed by atoms with Gasteiger partial charge in [0.2, 0.25) is 5.78 Å². The van der Waals surface area contributed by atoms with Crippen molar-refractivity contribution in [3.05, 3.63) is 98.7 Å². The predicted molar refractivity (Wildman–Crippen MR) is 130 cm³/mol. The zero-order chi connectivity index (χ0) is 24.5. The van der Waals surface area contributed by atoms with Crippen molar-refractivity contribution >= 4 is 62.6 Å². The molecule has 4 rings (SSSR count). The van der Waals surface area contributed by atoms with Gasteiger partial charge in [-0.15, -0.1) is 11.3 Å². The van der Waals surface area contributed by atoms with Gasteiger partial charge in [-0.25, -0.2) is 0 Å². The molecule has 9 heteroatoms. The fourth-order valence-electron chi connectivity index (χ4n) is 3.72. The molecule has 0 bridgehead atoms. The molecular weight excluding hydrogens is 506 g/mol. The fraction of sp³-hybridized carbons (Fsp3) is 0.120. The summed E-state index contributed by atoms with van der Waals surface area (Å²) < 4.78 is 41.1. The molecule has 34 heavy (non-hydrogen) atoms. The minimum Gasteiger partial charge on any atom is -0.377 e. The summed E-state index contributed by atoms with van der Waals surface area (Å²) in [5.41, 5.74) is 0.570. The SMILES string of the molecule is O=C(c1cccs1)[C@H](C(=O)C(F)(F)F)[C@@H](Nc1ccc2ccccc2c1)c1ccc(Cl)cc1Cl. The van der Waals surface area contributed by atoms with E-state index in [-0.39, 0.29) is 20.5 Å². The highest BCUT2D eigenvalue weighted by atomic mass is 35.5. The summed E-state index contributed by atoms with van der Waals surface area (Å²) in [7, 11) is 0. The van der Waals surface area contributed by atoms with Gasteiger partial charge >= 0.3 is 6.18 Å². The van der Waals surface area contributed by atoms with Crippen LogP contribution in [0, 0.1) is 5.92 Å². The van der Waals surface area contributed by atoms with Crippen LogP contribution >= 0.6 is 34.5 Å². The highest BCUT2D eigenvalue weighted by molar-refractivity contribution is 7.12. The molecule has 0 radical (unpaired) electrons. The number of anilines is 1. The normalized spacial score (nSPS) is 13.4. The van der Waals surface area contributed by atoms with E-state index in [4.69, 9.17) is 23.2 Å². The first-order chi connectivity index (χ1) is 16.1. The Morgan fingerprint density at radius 2 is 1.62 bits per heavy atom. The van der Waals surface area contributed by atoms with Crippen LogP contribution < -0.4 is 5.32 Å². The Balaban J connectivity index is 1.87. The Morgan fingerprint density at radius 3 is 2.26 bits per heavy atom. The Labute approximate surface area is 207 Å². The zero-order valence-electron chi connectivity index (χ0n) is 17.3. The third-order valence-corrected chi connectivity index (χ3v) is 6.76. The monoisotopic (exact) mass is 521 g/mol. The van der Waals surface area contributed by atoms with Crippen molar-refractivity contribution in [3.8, 4) is 0 Å². The summed E-state index contributed by atoms with van der Waals surface area (Å²) >= 11 is 13.3. The van der Waals surface area contributed by atoms with E-state index >= 15 is 0 Å². The molecule has 3 aromatic carbocycles. The van der Waals surface area contributed by atoms with Crippen LogP contribution in [0.25, 0.3) is 10.8 Å². The topological polar surface area (TPSA) is 46.2 Å². The fourth-order valence-corrected chi connectivity index (χ4v) is 4.95. The smallest absolute Gasteiger partial charge is 0.377 e. The second-order valence-electron chi connectivity index (χ2n) is 7.53. The average Bonchev–Trinajstić information content (AvgIpc) is 3.33. The van der Waals surface area contributed by atoms with E-state index in [0.717, 1.165) is 22.1 Å². The van der Waals surface area contributed by atoms with Gasteiger partial charge in [0.25, 0.3) is 0 Å². The highest BCUT2D eigenvalue weighted by Crippen LogP contribution is 2.39. The molecular formula is C25H16Cl2F3NO2S. The van der Waals surface area contributed by atoms with Crippen molar-refractivity contribution in [2.75, 3.05) is 5.32 Å². The third-order valence-electron chi connectivity index (χ3n) is 5.31. The summed E-state index contributed by atoms with van der Waals surface area (Å²) in [6.45, 7) is 0. The number of carbonyl (C=O) groups excluding carboxylic acids is 2. The van der Waals surface area contributed by atoms with Gasteiger partial charge in [0.15, 0.2) is 5.78 Å². The van der Waals surface area contributed by atoms with Crippen molar-refractivity contribution in [1.29, 1.82) is 0 Å². The number of thiophene rings is 1.